The van der Waals surface area contributed by atoms with Crippen LogP contribution < -0.4 is 15.2 Å². The topological polar surface area (TPSA) is 95.8 Å². The number of morpholine rings is 1. The molecule has 164 valence electrons. The van der Waals surface area contributed by atoms with E-state index < -0.39 is 0 Å². The summed E-state index contributed by atoms with van der Waals surface area (Å²) < 4.78 is 5.43. The number of ketones is 1. The second-order valence-electron chi connectivity index (χ2n) is 7.39. The fraction of sp³-hybridized carbons (Fsp3) is 0.261. The van der Waals surface area contributed by atoms with Crippen molar-refractivity contribution in [2.24, 2.45) is 5.10 Å². The molecule has 1 aliphatic heterocycles. The molecule has 9 nitrogen and oxygen atoms in total. The van der Waals surface area contributed by atoms with Gasteiger partial charge in [-0.15, -0.1) is 0 Å². The lowest BCUT2D eigenvalue weighted by Gasteiger charge is -2.27. The maximum Gasteiger partial charge on any atom is 0.250 e. The number of carbonyl (C=O) groups excluding carboxylic acids is 1. The summed E-state index contributed by atoms with van der Waals surface area (Å²) in [6, 6.07) is 18.4. The normalized spacial score (nSPS) is 14.2. The first-order valence-corrected chi connectivity index (χ1v) is 10.4. The van der Waals surface area contributed by atoms with Gasteiger partial charge in [0.2, 0.25) is 23.6 Å². The van der Waals surface area contributed by atoms with Crippen molar-refractivity contribution in [1.29, 1.82) is 0 Å². The van der Waals surface area contributed by atoms with Crippen molar-refractivity contribution in [2.45, 2.75) is 0 Å². The molecule has 0 aliphatic carbocycles. The molecule has 4 rings (SSSR count). The summed E-state index contributed by atoms with van der Waals surface area (Å²) in [6.45, 7) is 2.63. The third-order valence-corrected chi connectivity index (χ3v) is 4.87. The lowest BCUT2D eigenvalue weighted by atomic mass is 10.0. The van der Waals surface area contributed by atoms with Crippen molar-refractivity contribution in [2.75, 3.05) is 55.6 Å². The highest BCUT2D eigenvalue weighted by atomic mass is 16.5. The van der Waals surface area contributed by atoms with Gasteiger partial charge < -0.3 is 14.5 Å². The summed E-state index contributed by atoms with van der Waals surface area (Å²) in [4.78, 5) is 30.6. The zero-order chi connectivity index (χ0) is 22.3. The van der Waals surface area contributed by atoms with E-state index in [0.29, 0.717) is 49.3 Å². The zero-order valence-electron chi connectivity index (χ0n) is 18.1. The number of benzene rings is 2. The number of nitrogens with zero attached hydrogens (tertiary/aromatic N) is 6. The molecule has 0 amide bonds. The maximum absolute atomic E-state index is 13.2. The lowest BCUT2D eigenvalue weighted by Crippen LogP contribution is -2.37. The minimum absolute atomic E-state index is 0.195. The summed E-state index contributed by atoms with van der Waals surface area (Å²) in [6.07, 6.45) is 0. The Morgan fingerprint density at radius 2 is 1.56 bits per heavy atom. The van der Waals surface area contributed by atoms with Crippen molar-refractivity contribution in [3.63, 3.8) is 0 Å². The average Bonchev–Trinajstić information content (AvgIpc) is 2.85. The van der Waals surface area contributed by atoms with Gasteiger partial charge >= 0.3 is 0 Å². The van der Waals surface area contributed by atoms with Crippen LogP contribution in [-0.4, -0.2) is 66.8 Å². The lowest BCUT2D eigenvalue weighted by molar-refractivity contribution is 0.106. The van der Waals surface area contributed by atoms with Gasteiger partial charge in [-0.2, -0.15) is 20.1 Å². The summed E-state index contributed by atoms with van der Waals surface area (Å²) in [7, 11) is 3.72. The highest BCUT2D eigenvalue weighted by Gasteiger charge is 2.19. The van der Waals surface area contributed by atoms with Crippen molar-refractivity contribution in [1.82, 2.24) is 15.0 Å². The molecule has 0 unspecified atom stereocenters. The van der Waals surface area contributed by atoms with Gasteiger partial charge in [-0.1, -0.05) is 60.7 Å². The molecule has 1 aliphatic rings. The summed E-state index contributed by atoms with van der Waals surface area (Å²) in [5.41, 5.74) is 4.41. The van der Waals surface area contributed by atoms with E-state index in [1.54, 1.807) is 17.0 Å². The predicted molar refractivity (Wildman–Crippen MR) is 125 cm³/mol. The van der Waals surface area contributed by atoms with Crippen LogP contribution in [0.2, 0.25) is 0 Å². The molecule has 0 bridgehead atoms. The smallest absolute Gasteiger partial charge is 0.250 e. The Labute approximate surface area is 186 Å². The first-order chi connectivity index (χ1) is 15.6. The van der Waals surface area contributed by atoms with Crippen LogP contribution in [-0.2, 0) is 4.74 Å². The number of hydrogen-bond donors (Lipinski definition) is 1. The van der Waals surface area contributed by atoms with Crippen LogP contribution >= 0.6 is 0 Å². The molecular weight excluding hydrogens is 406 g/mol. The van der Waals surface area contributed by atoms with Crippen molar-refractivity contribution in [3.05, 3.63) is 71.8 Å². The van der Waals surface area contributed by atoms with E-state index >= 15 is 0 Å². The molecule has 0 atom stereocenters. The van der Waals surface area contributed by atoms with Crippen LogP contribution in [0.4, 0.5) is 17.8 Å². The van der Waals surface area contributed by atoms with Crippen LogP contribution in [0.5, 0.6) is 0 Å². The van der Waals surface area contributed by atoms with Crippen molar-refractivity contribution in [3.8, 4) is 0 Å². The molecule has 0 spiro atoms. The molecule has 1 fully saturated rings. The van der Waals surface area contributed by atoms with E-state index in [9.17, 15) is 4.79 Å². The maximum atomic E-state index is 13.2. The largest absolute Gasteiger partial charge is 0.378 e. The van der Waals surface area contributed by atoms with Gasteiger partial charge in [-0.05, 0) is 0 Å². The number of hydrazone groups is 1. The van der Waals surface area contributed by atoms with Gasteiger partial charge in [0.05, 0.1) is 13.2 Å². The Bertz CT molecular complexity index is 1080. The SMILES string of the molecule is CN(C)c1nc(N/N=C(/C(=O)c2ccccc2)c2ccccc2)nc(N2CCOCC2)n1. The van der Waals surface area contributed by atoms with Gasteiger partial charge in [0.25, 0.3) is 0 Å². The highest BCUT2D eigenvalue weighted by Crippen LogP contribution is 2.17. The summed E-state index contributed by atoms with van der Waals surface area (Å²) >= 11 is 0. The van der Waals surface area contributed by atoms with E-state index in [-0.39, 0.29) is 17.4 Å². The van der Waals surface area contributed by atoms with Crippen LogP contribution in [0.3, 0.4) is 0 Å². The molecule has 9 heteroatoms. The molecule has 3 aromatic rings. The van der Waals surface area contributed by atoms with Gasteiger partial charge in [0.15, 0.2) is 0 Å². The van der Waals surface area contributed by atoms with Gasteiger partial charge in [-0.3, -0.25) is 4.79 Å². The predicted octanol–water partition coefficient (Wildman–Crippen LogP) is 2.47. The minimum atomic E-state index is -0.195. The molecule has 1 N–H and O–H groups in total. The third kappa shape index (κ3) is 5.06. The molecule has 2 heterocycles. The van der Waals surface area contributed by atoms with Gasteiger partial charge in [0.1, 0.15) is 5.71 Å². The number of anilines is 3. The number of carbonyl (C=O) groups is 1. The Hall–Kier alpha value is -3.85. The average molecular weight is 432 g/mol. The molecular formula is C23H25N7O2. The van der Waals surface area contributed by atoms with E-state index in [0.717, 1.165) is 0 Å². The van der Waals surface area contributed by atoms with Crippen LogP contribution in [0.25, 0.3) is 0 Å². The van der Waals surface area contributed by atoms with Crippen LogP contribution in [0.15, 0.2) is 65.8 Å². The number of hydrogen-bond acceptors (Lipinski definition) is 9. The third-order valence-electron chi connectivity index (χ3n) is 4.87. The number of ether oxygens (including phenoxy) is 1. The van der Waals surface area contributed by atoms with E-state index in [2.05, 4.69) is 25.5 Å². The zero-order valence-corrected chi connectivity index (χ0v) is 18.1. The fourth-order valence-corrected chi connectivity index (χ4v) is 3.18. The van der Waals surface area contributed by atoms with E-state index in [4.69, 9.17) is 4.74 Å². The van der Waals surface area contributed by atoms with E-state index in [1.165, 1.54) is 0 Å². The number of nitrogens with one attached hydrogen (secondary N) is 1. The molecule has 0 saturated carbocycles. The highest BCUT2D eigenvalue weighted by molar-refractivity contribution is 6.51. The Balaban J connectivity index is 1.68. The van der Waals surface area contributed by atoms with Gasteiger partial charge in [0, 0.05) is 38.3 Å². The molecule has 2 aromatic carbocycles. The summed E-state index contributed by atoms with van der Waals surface area (Å²) in [5, 5.41) is 4.43. The second kappa shape index (κ2) is 9.97. The van der Waals surface area contributed by atoms with E-state index in [1.807, 2.05) is 67.5 Å². The number of rotatable bonds is 7. The van der Waals surface area contributed by atoms with Crippen molar-refractivity contribution >= 4 is 29.3 Å². The number of Topliss-reactive ketones (excluding diaryl/α,β-unsaturated/α-hetero) is 1. The van der Waals surface area contributed by atoms with Gasteiger partial charge in [-0.25, -0.2) is 5.43 Å². The number of aromatic nitrogens is 3. The summed E-state index contributed by atoms with van der Waals surface area (Å²) in [5.74, 6) is 1.11. The van der Waals surface area contributed by atoms with Crippen LogP contribution in [0, 0.1) is 0 Å². The Morgan fingerprint density at radius 1 is 0.938 bits per heavy atom. The monoisotopic (exact) mass is 431 g/mol. The fourth-order valence-electron chi connectivity index (χ4n) is 3.18. The molecule has 0 radical (unpaired) electrons. The minimum Gasteiger partial charge on any atom is -0.378 e. The molecule has 32 heavy (non-hydrogen) atoms. The molecule has 1 saturated heterocycles. The first-order valence-electron chi connectivity index (χ1n) is 10.4. The quantitative estimate of drug-likeness (QED) is 0.346. The second-order valence-corrected chi connectivity index (χ2v) is 7.39. The van der Waals surface area contributed by atoms with Crippen molar-refractivity contribution < 1.29 is 9.53 Å². The first kappa shape index (κ1) is 21.4. The standard InChI is InChI=1S/C23H25N7O2/c1-29(2)22-24-21(25-23(26-22)30-13-15-32-16-14-30)28-27-19(17-9-5-3-6-10-17)20(31)18-11-7-4-8-12-18/h3-12H,13-16H2,1-2H3,(H,24,25,26,28)/b27-19+. The Kier molecular flexibility index (Phi) is 6.66. The Morgan fingerprint density at radius 3 is 2.19 bits per heavy atom. The molecule has 1 aromatic heterocycles. The van der Waals surface area contributed by atoms with Crippen LogP contribution in [0.1, 0.15) is 15.9 Å².